The van der Waals surface area contributed by atoms with Crippen LogP contribution >= 0.6 is 0 Å². The van der Waals surface area contributed by atoms with Crippen molar-refractivity contribution in [1.29, 1.82) is 0 Å². The van der Waals surface area contributed by atoms with Gasteiger partial charge in [0.1, 0.15) is 0 Å². The molecule has 0 saturated heterocycles. The van der Waals surface area contributed by atoms with Crippen LogP contribution in [0.5, 0.6) is 0 Å². The smallest absolute Gasteiger partial charge is 0.407 e. The lowest BCUT2D eigenvalue weighted by atomic mass is 10.2. The van der Waals surface area contributed by atoms with Gasteiger partial charge in [-0.2, -0.15) is 0 Å². The SMILES string of the molecule is O=C(CCCn1c(=O)oc2cc([N+](=O)[O-])ccc21)NCc1ccccn1. The van der Waals surface area contributed by atoms with Crippen molar-refractivity contribution >= 4 is 22.7 Å². The molecule has 1 amide bonds. The lowest BCUT2D eigenvalue weighted by Gasteiger charge is -2.05. The number of nitrogens with one attached hydrogen (secondary N) is 1. The first kappa shape index (κ1) is 17.3. The molecule has 0 aliphatic carbocycles. The molecule has 1 aromatic carbocycles. The van der Waals surface area contributed by atoms with E-state index in [1.165, 1.54) is 22.8 Å². The van der Waals surface area contributed by atoms with E-state index >= 15 is 0 Å². The largest absolute Gasteiger partial charge is 0.419 e. The van der Waals surface area contributed by atoms with Gasteiger partial charge >= 0.3 is 5.76 Å². The van der Waals surface area contributed by atoms with Gasteiger partial charge in [0, 0.05) is 25.2 Å². The summed E-state index contributed by atoms with van der Waals surface area (Å²) in [5.74, 6) is -0.749. The predicted molar refractivity (Wildman–Crippen MR) is 92.4 cm³/mol. The Bertz CT molecular complexity index is 993. The Balaban J connectivity index is 1.57. The molecule has 0 aliphatic rings. The van der Waals surface area contributed by atoms with Crippen LogP contribution in [0.15, 0.2) is 51.8 Å². The first-order chi connectivity index (χ1) is 12.5. The fraction of sp³-hybridized carbons (Fsp3) is 0.235. The van der Waals surface area contributed by atoms with Crippen molar-refractivity contribution in [2.24, 2.45) is 0 Å². The second-order valence-electron chi connectivity index (χ2n) is 5.63. The first-order valence-corrected chi connectivity index (χ1v) is 7.99. The molecule has 0 fully saturated rings. The van der Waals surface area contributed by atoms with E-state index in [0.717, 1.165) is 5.69 Å². The van der Waals surface area contributed by atoms with Gasteiger partial charge in [-0.15, -0.1) is 0 Å². The zero-order valence-corrected chi connectivity index (χ0v) is 13.8. The van der Waals surface area contributed by atoms with Gasteiger partial charge < -0.3 is 9.73 Å². The number of non-ortho nitro benzene ring substituents is 1. The average Bonchev–Trinajstić information content (AvgIpc) is 2.95. The Morgan fingerprint density at radius 2 is 2.15 bits per heavy atom. The van der Waals surface area contributed by atoms with E-state index in [1.807, 2.05) is 12.1 Å². The minimum atomic E-state index is -0.602. The summed E-state index contributed by atoms with van der Waals surface area (Å²) in [5, 5.41) is 13.5. The van der Waals surface area contributed by atoms with Crippen molar-refractivity contribution in [3.8, 4) is 0 Å². The molecule has 134 valence electrons. The van der Waals surface area contributed by atoms with Gasteiger partial charge in [-0.25, -0.2) is 4.79 Å². The Morgan fingerprint density at radius 3 is 2.88 bits per heavy atom. The van der Waals surface area contributed by atoms with E-state index in [1.54, 1.807) is 12.3 Å². The summed E-state index contributed by atoms with van der Waals surface area (Å²) in [5.41, 5.74) is 1.24. The molecular weight excluding hydrogens is 340 g/mol. The molecule has 0 unspecified atom stereocenters. The number of nitro benzene ring substituents is 1. The summed E-state index contributed by atoms with van der Waals surface area (Å²) in [6.45, 7) is 0.624. The maximum absolute atomic E-state index is 11.9. The lowest BCUT2D eigenvalue weighted by molar-refractivity contribution is -0.384. The maximum Gasteiger partial charge on any atom is 0.419 e. The molecule has 0 bridgehead atoms. The normalized spacial score (nSPS) is 10.8. The van der Waals surface area contributed by atoms with Crippen molar-refractivity contribution < 1.29 is 14.1 Å². The number of rotatable bonds is 7. The van der Waals surface area contributed by atoms with E-state index in [2.05, 4.69) is 10.3 Å². The van der Waals surface area contributed by atoms with Crippen molar-refractivity contribution in [2.45, 2.75) is 25.9 Å². The summed E-state index contributed by atoms with van der Waals surface area (Å²) in [4.78, 5) is 38.2. The van der Waals surface area contributed by atoms with Crippen molar-refractivity contribution in [1.82, 2.24) is 14.9 Å². The van der Waals surface area contributed by atoms with Crippen molar-refractivity contribution in [2.75, 3.05) is 0 Å². The average molecular weight is 356 g/mol. The van der Waals surface area contributed by atoms with Crippen LogP contribution in [0.4, 0.5) is 5.69 Å². The van der Waals surface area contributed by atoms with Gasteiger partial charge in [-0.05, 0) is 24.6 Å². The fourth-order valence-corrected chi connectivity index (χ4v) is 2.56. The Labute approximate surface area is 147 Å². The summed E-state index contributed by atoms with van der Waals surface area (Å²) >= 11 is 0. The number of hydrogen-bond donors (Lipinski definition) is 1. The van der Waals surface area contributed by atoms with Crippen LogP contribution in [0.2, 0.25) is 0 Å². The second-order valence-corrected chi connectivity index (χ2v) is 5.63. The van der Waals surface area contributed by atoms with Crippen LogP contribution < -0.4 is 11.1 Å². The molecule has 3 aromatic rings. The Kier molecular flexibility index (Phi) is 5.07. The zero-order chi connectivity index (χ0) is 18.5. The van der Waals surface area contributed by atoms with Crippen LogP contribution in [0.1, 0.15) is 18.5 Å². The number of aryl methyl sites for hydroxylation is 1. The monoisotopic (exact) mass is 356 g/mol. The molecule has 1 N–H and O–H groups in total. The standard InChI is InChI=1S/C17H16N4O5/c22-16(19-11-12-4-1-2-8-18-12)5-3-9-20-14-7-6-13(21(24)25)10-15(14)26-17(20)23/h1-2,4,6-8,10H,3,5,9,11H2,(H,19,22). The molecule has 9 heteroatoms. The molecular formula is C17H16N4O5. The third-order valence-corrected chi connectivity index (χ3v) is 3.84. The number of pyridine rings is 1. The number of aromatic nitrogens is 2. The van der Waals surface area contributed by atoms with Gasteiger partial charge in [0.2, 0.25) is 5.91 Å². The maximum atomic E-state index is 11.9. The van der Waals surface area contributed by atoms with Crippen LogP contribution in [-0.2, 0) is 17.9 Å². The summed E-state index contributed by atoms with van der Waals surface area (Å²) in [6, 6.07) is 9.46. The van der Waals surface area contributed by atoms with Crippen LogP contribution in [0.25, 0.3) is 11.1 Å². The summed E-state index contributed by atoms with van der Waals surface area (Å²) < 4.78 is 6.41. The molecule has 26 heavy (non-hydrogen) atoms. The lowest BCUT2D eigenvalue weighted by Crippen LogP contribution is -2.24. The fourth-order valence-electron chi connectivity index (χ4n) is 2.56. The molecule has 3 rings (SSSR count). The van der Waals surface area contributed by atoms with E-state index in [9.17, 15) is 19.7 Å². The van der Waals surface area contributed by atoms with Gasteiger partial charge in [0.25, 0.3) is 5.69 Å². The minimum Gasteiger partial charge on any atom is -0.407 e. The number of nitro groups is 1. The summed E-state index contributed by atoms with van der Waals surface area (Å²) in [7, 11) is 0. The third-order valence-electron chi connectivity index (χ3n) is 3.84. The Morgan fingerprint density at radius 1 is 1.31 bits per heavy atom. The quantitative estimate of drug-likeness (QED) is 0.510. The number of oxazole rings is 1. The van der Waals surface area contributed by atoms with Gasteiger partial charge in [-0.3, -0.25) is 24.5 Å². The van der Waals surface area contributed by atoms with Crippen LogP contribution in [0.3, 0.4) is 0 Å². The number of benzene rings is 1. The van der Waals surface area contributed by atoms with E-state index in [-0.39, 0.29) is 30.1 Å². The highest BCUT2D eigenvalue weighted by Gasteiger charge is 2.14. The van der Waals surface area contributed by atoms with Gasteiger partial charge in [0.15, 0.2) is 5.58 Å². The van der Waals surface area contributed by atoms with Gasteiger partial charge in [-0.1, -0.05) is 6.07 Å². The minimum absolute atomic E-state index is 0.146. The highest BCUT2D eigenvalue weighted by Crippen LogP contribution is 2.20. The molecule has 0 spiro atoms. The Hall–Kier alpha value is -3.49. The number of hydrogen-bond acceptors (Lipinski definition) is 6. The number of amides is 1. The van der Waals surface area contributed by atoms with E-state index in [0.29, 0.717) is 18.5 Å². The highest BCUT2D eigenvalue weighted by atomic mass is 16.6. The summed E-state index contributed by atoms with van der Waals surface area (Å²) in [6.07, 6.45) is 2.32. The number of fused-ring (bicyclic) bond motifs is 1. The third kappa shape index (κ3) is 3.94. The molecule has 0 aliphatic heterocycles. The van der Waals surface area contributed by atoms with Gasteiger partial charge in [0.05, 0.1) is 28.7 Å². The predicted octanol–water partition coefficient (Wildman–Crippen LogP) is 1.99. The number of nitrogens with zero attached hydrogens (tertiary/aromatic N) is 3. The number of carbonyl (C=O) groups excluding carboxylic acids is 1. The molecule has 0 radical (unpaired) electrons. The molecule has 2 heterocycles. The molecule has 0 atom stereocenters. The highest BCUT2D eigenvalue weighted by molar-refractivity contribution is 5.76. The van der Waals surface area contributed by atoms with Crippen LogP contribution in [0, 0.1) is 10.1 Å². The molecule has 2 aromatic heterocycles. The van der Waals surface area contributed by atoms with E-state index < -0.39 is 10.7 Å². The van der Waals surface area contributed by atoms with Crippen LogP contribution in [-0.4, -0.2) is 20.4 Å². The van der Waals surface area contributed by atoms with E-state index in [4.69, 9.17) is 4.42 Å². The number of carbonyl (C=O) groups is 1. The van der Waals surface area contributed by atoms with Crippen molar-refractivity contribution in [3.05, 3.63) is 69.0 Å². The molecule has 9 nitrogen and oxygen atoms in total. The zero-order valence-electron chi connectivity index (χ0n) is 13.8. The first-order valence-electron chi connectivity index (χ1n) is 7.99. The molecule has 0 saturated carbocycles. The second kappa shape index (κ2) is 7.60. The van der Waals surface area contributed by atoms with Crippen molar-refractivity contribution in [3.63, 3.8) is 0 Å². The topological polar surface area (TPSA) is 120 Å².